The van der Waals surface area contributed by atoms with Crippen molar-refractivity contribution in [2.45, 2.75) is 24.3 Å². The quantitative estimate of drug-likeness (QED) is 0.792. The van der Waals surface area contributed by atoms with Gasteiger partial charge in [-0.15, -0.1) is 12.6 Å². The van der Waals surface area contributed by atoms with E-state index >= 15 is 0 Å². The maximum Gasteiger partial charge on any atom is 0.254 e. The summed E-state index contributed by atoms with van der Waals surface area (Å²) in [5.41, 5.74) is 0.579. The summed E-state index contributed by atoms with van der Waals surface area (Å²) in [6.45, 7) is 2.98. The molecular formula is C13H16N2O2S. The first-order valence-electron chi connectivity index (χ1n) is 6.01. The lowest BCUT2D eigenvalue weighted by atomic mass is 10.1. The number of rotatable bonds is 2. The standard InChI is InChI=1S/C13H16N2O2S/c1-2-11-12(16)14-6-7-15(11)13(17)9-4-3-5-10(18)8-9/h3-5,8,11,18H,2,6-7H2,1H3,(H,14,16). The minimum Gasteiger partial charge on any atom is -0.353 e. The molecule has 0 saturated carbocycles. The lowest BCUT2D eigenvalue weighted by molar-refractivity contribution is -0.127. The molecular weight excluding hydrogens is 248 g/mol. The normalized spacial score (nSPS) is 19.6. The smallest absolute Gasteiger partial charge is 0.254 e. The van der Waals surface area contributed by atoms with E-state index in [1.54, 1.807) is 23.1 Å². The molecule has 0 spiro atoms. The monoisotopic (exact) mass is 264 g/mol. The van der Waals surface area contributed by atoms with Crippen LogP contribution in [0.4, 0.5) is 0 Å². The summed E-state index contributed by atoms with van der Waals surface area (Å²) in [5, 5.41) is 2.78. The number of nitrogens with zero attached hydrogens (tertiary/aromatic N) is 1. The molecule has 0 bridgehead atoms. The zero-order valence-corrected chi connectivity index (χ0v) is 11.1. The van der Waals surface area contributed by atoms with Crippen LogP contribution in [-0.4, -0.2) is 35.8 Å². The molecule has 1 aliphatic rings. The Morgan fingerprint density at radius 2 is 2.33 bits per heavy atom. The lowest BCUT2D eigenvalue weighted by Crippen LogP contribution is -2.56. The van der Waals surface area contributed by atoms with Crippen molar-refractivity contribution < 1.29 is 9.59 Å². The van der Waals surface area contributed by atoms with Crippen molar-refractivity contribution in [1.29, 1.82) is 0 Å². The highest BCUT2D eigenvalue weighted by atomic mass is 32.1. The van der Waals surface area contributed by atoms with Gasteiger partial charge >= 0.3 is 0 Å². The first kappa shape index (κ1) is 13.0. The fourth-order valence-electron chi connectivity index (χ4n) is 2.17. The van der Waals surface area contributed by atoms with Gasteiger partial charge < -0.3 is 10.2 Å². The van der Waals surface area contributed by atoms with Crippen LogP contribution in [0.25, 0.3) is 0 Å². The SMILES string of the molecule is CCC1C(=O)NCCN1C(=O)c1cccc(S)c1. The number of amides is 2. The van der Waals surface area contributed by atoms with Crippen LogP contribution in [0.1, 0.15) is 23.7 Å². The molecule has 1 heterocycles. The van der Waals surface area contributed by atoms with E-state index in [0.29, 0.717) is 25.1 Å². The van der Waals surface area contributed by atoms with Crippen LogP contribution < -0.4 is 5.32 Å². The molecule has 1 aromatic rings. The predicted molar refractivity (Wildman–Crippen MR) is 71.8 cm³/mol. The number of thiol groups is 1. The van der Waals surface area contributed by atoms with E-state index in [0.717, 1.165) is 4.90 Å². The van der Waals surface area contributed by atoms with Gasteiger partial charge in [-0.1, -0.05) is 13.0 Å². The van der Waals surface area contributed by atoms with Crippen molar-refractivity contribution in [3.8, 4) is 0 Å². The van der Waals surface area contributed by atoms with E-state index < -0.39 is 0 Å². The van der Waals surface area contributed by atoms with Crippen molar-refractivity contribution in [1.82, 2.24) is 10.2 Å². The molecule has 18 heavy (non-hydrogen) atoms. The van der Waals surface area contributed by atoms with Crippen LogP contribution in [0.5, 0.6) is 0 Å². The van der Waals surface area contributed by atoms with E-state index in [-0.39, 0.29) is 17.9 Å². The summed E-state index contributed by atoms with van der Waals surface area (Å²) < 4.78 is 0. The number of piperazine rings is 1. The summed E-state index contributed by atoms with van der Waals surface area (Å²) in [5.74, 6) is -0.174. The Balaban J connectivity index is 2.24. The number of hydrogen-bond acceptors (Lipinski definition) is 3. The topological polar surface area (TPSA) is 49.4 Å². The van der Waals surface area contributed by atoms with Crippen LogP contribution in [0.3, 0.4) is 0 Å². The molecule has 0 aromatic heterocycles. The van der Waals surface area contributed by atoms with Crippen LogP contribution in [0.15, 0.2) is 29.2 Å². The first-order chi connectivity index (χ1) is 8.63. The molecule has 1 aromatic carbocycles. The fraction of sp³-hybridized carbons (Fsp3) is 0.385. The third-order valence-electron chi connectivity index (χ3n) is 3.07. The molecule has 2 amide bonds. The minimum absolute atomic E-state index is 0.0703. The molecule has 0 aliphatic carbocycles. The second-order valence-corrected chi connectivity index (χ2v) is 4.78. The van der Waals surface area contributed by atoms with Crippen LogP contribution in [0, 0.1) is 0 Å². The fourth-order valence-corrected chi connectivity index (χ4v) is 2.39. The Labute approximate surface area is 112 Å². The van der Waals surface area contributed by atoms with Gasteiger partial charge in [0.2, 0.25) is 5.91 Å². The largest absolute Gasteiger partial charge is 0.353 e. The van der Waals surface area contributed by atoms with Gasteiger partial charge in [-0.25, -0.2) is 0 Å². The molecule has 1 N–H and O–H groups in total. The third-order valence-corrected chi connectivity index (χ3v) is 3.35. The second kappa shape index (κ2) is 5.44. The molecule has 1 unspecified atom stereocenters. The molecule has 5 heteroatoms. The molecule has 96 valence electrons. The van der Waals surface area contributed by atoms with E-state index in [4.69, 9.17) is 0 Å². The van der Waals surface area contributed by atoms with Gasteiger partial charge in [0.25, 0.3) is 5.91 Å². The zero-order valence-electron chi connectivity index (χ0n) is 10.2. The number of nitrogens with one attached hydrogen (secondary N) is 1. The highest BCUT2D eigenvalue weighted by Gasteiger charge is 2.31. The zero-order chi connectivity index (χ0) is 13.1. The molecule has 0 radical (unpaired) electrons. The summed E-state index contributed by atoms with van der Waals surface area (Å²) >= 11 is 4.23. The maximum atomic E-state index is 12.4. The van der Waals surface area contributed by atoms with E-state index in [2.05, 4.69) is 17.9 Å². The van der Waals surface area contributed by atoms with Gasteiger partial charge in [-0.05, 0) is 24.6 Å². The van der Waals surface area contributed by atoms with Crippen LogP contribution >= 0.6 is 12.6 Å². The predicted octanol–water partition coefficient (Wildman–Crippen LogP) is 1.33. The first-order valence-corrected chi connectivity index (χ1v) is 6.46. The van der Waals surface area contributed by atoms with Gasteiger partial charge in [0.05, 0.1) is 0 Å². The van der Waals surface area contributed by atoms with Gasteiger partial charge in [0.1, 0.15) is 6.04 Å². The molecule has 2 rings (SSSR count). The summed E-state index contributed by atoms with van der Waals surface area (Å²) in [6.07, 6.45) is 0.623. The van der Waals surface area contributed by atoms with Crippen molar-refractivity contribution in [3.63, 3.8) is 0 Å². The molecule has 1 atom stereocenters. The molecule has 1 saturated heterocycles. The second-order valence-electron chi connectivity index (χ2n) is 4.26. The Bertz CT molecular complexity index is 476. The highest BCUT2D eigenvalue weighted by Crippen LogP contribution is 2.16. The van der Waals surface area contributed by atoms with Crippen molar-refractivity contribution in [2.24, 2.45) is 0 Å². The van der Waals surface area contributed by atoms with E-state index in [1.807, 2.05) is 13.0 Å². The molecule has 1 aliphatic heterocycles. The number of carbonyl (C=O) groups is 2. The molecule has 4 nitrogen and oxygen atoms in total. The van der Waals surface area contributed by atoms with Gasteiger partial charge in [-0.2, -0.15) is 0 Å². The average Bonchev–Trinajstić information content (AvgIpc) is 2.37. The van der Waals surface area contributed by atoms with Gasteiger partial charge in [0, 0.05) is 23.5 Å². The van der Waals surface area contributed by atoms with Crippen molar-refractivity contribution in [3.05, 3.63) is 29.8 Å². The van der Waals surface area contributed by atoms with Gasteiger partial charge in [-0.3, -0.25) is 9.59 Å². The summed E-state index contributed by atoms with van der Waals surface area (Å²) in [6, 6.07) is 6.72. The average molecular weight is 264 g/mol. The van der Waals surface area contributed by atoms with E-state index in [1.165, 1.54) is 0 Å². The molecule has 1 fully saturated rings. The Morgan fingerprint density at radius 1 is 1.56 bits per heavy atom. The van der Waals surface area contributed by atoms with Crippen molar-refractivity contribution >= 4 is 24.4 Å². The Morgan fingerprint density at radius 3 is 3.00 bits per heavy atom. The number of hydrogen-bond donors (Lipinski definition) is 2. The third kappa shape index (κ3) is 2.51. The Hall–Kier alpha value is -1.49. The number of carbonyl (C=O) groups excluding carboxylic acids is 2. The summed E-state index contributed by atoms with van der Waals surface area (Å²) in [7, 11) is 0. The number of benzene rings is 1. The van der Waals surface area contributed by atoms with E-state index in [9.17, 15) is 9.59 Å². The van der Waals surface area contributed by atoms with Gasteiger partial charge in [0.15, 0.2) is 0 Å². The maximum absolute atomic E-state index is 12.4. The minimum atomic E-state index is -0.366. The van der Waals surface area contributed by atoms with Crippen LogP contribution in [-0.2, 0) is 4.79 Å². The van der Waals surface area contributed by atoms with Crippen LogP contribution in [0.2, 0.25) is 0 Å². The lowest BCUT2D eigenvalue weighted by Gasteiger charge is -2.34. The highest BCUT2D eigenvalue weighted by molar-refractivity contribution is 7.80. The Kier molecular flexibility index (Phi) is 3.91. The summed E-state index contributed by atoms with van der Waals surface area (Å²) in [4.78, 5) is 26.5. The van der Waals surface area contributed by atoms with Crippen molar-refractivity contribution in [2.75, 3.05) is 13.1 Å².